The summed E-state index contributed by atoms with van der Waals surface area (Å²) in [6.07, 6.45) is 2.25. The Morgan fingerprint density at radius 3 is 2.82 bits per heavy atom. The zero-order valence-electron chi connectivity index (χ0n) is 13.6. The van der Waals surface area contributed by atoms with Gasteiger partial charge in [-0.05, 0) is 25.1 Å². The number of aryl methyl sites for hydroxylation is 1. The standard InChI is InChI=1S/C17H26N2O3/c1-3-15-4-5-16(22-15)11-18-7-6-14-10-19(13(2)20)8-9-21-17(14)12-18/h4-5,14,17H,3,6-12H2,1-2H3/t14-,17-/m0/s1. The second kappa shape index (κ2) is 6.84. The summed E-state index contributed by atoms with van der Waals surface area (Å²) in [6.45, 7) is 8.79. The van der Waals surface area contributed by atoms with E-state index in [1.807, 2.05) is 4.90 Å². The van der Waals surface area contributed by atoms with Crippen LogP contribution in [0.15, 0.2) is 16.5 Å². The van der Waals surface area contributed by atoms with E-state index in [4.69, 9.17) is 9.15 Å². The highest BCUT2D eigenvalue weighted by Crippen LogP contribution is 2.25. The fraction of sp³-hybridized carbons (Fsp3) is 0.706. The number of likely N-dealkylation sites (tertiary alicyclic amines) is 1. The second-order valence-corrected chi connectivity index (χ2v) is 6.38. The molecular formula is C17H26N2O3. The number of hydrogen-bond donors (Lipinski definition) is 0. The zero-order valence-corrected chi connectivity index (χ0v) is 13.6. The predicted molar refractivity (Wildman–Crippen MR) is 83.5 cm³/mol. The minimum absolute atomic E-state index is 0.161. The smallest absolute Gasteiger partial charge is 0.219 e. The lowest BCUT2D eigenvalue weighted by Crippen LogP contribution is -2.46. The SMILES string of the molecule is CCc1ccc(CN2CC[C@H]3CN(C(C)=O)CCO[C@H]3C2)o1. The number of hydrogen-bond acceptors (Lipinski definition) is 4. The zero-order chi connectivity index (χ0) is 15.5. The number of nitrogens with zero attached hydrogens (tertiary/aromatic N) is 2. The molecule has 0 aliphatic carbocycles. The molecule has 3 rings (SSSR count). The van der Waals surface area contributed by atoms with Crippen molar-refractivity contribution in [1.29, 1.82) is 0 Å². The Morgan fingerprint density at radius 1 is 1.27 bits per heavy atom. The fourth-order valence-electron chi connectivity index (χ4n) is 3.46. The van der Waals surface area contributed by atoms with Crippen LogP contribution in [0.1, 0.15) is 31.8 Å². The summed E-state index contributed by atoms with van der Waals surface area (Å²) >= 11 is 0. The molecule has 122 valence electrons. The number of fused-ring (bicyclic) bond motifs is 1. The van der Waals surface area contributed by atoms with E-state index >= 15 is 0 Å². The Labute approximate surface area is 132 Å². The van der Waals surface area contributed by atoms with E-state index in [2.05, 4.69) is 24.0 Å². The minimum atomic E-state index is 0.161. The van der Waals surface area contributed by atoms with Crippen LogP contribution in [-0.4, -0.2) is 54.6 Å². The van der Waals surface area contributed by atoms with Gasteiger partial charge in [-0.25, -0.2) is 0 Å². The van der Waals surface area contributed by atoms with Gasteiger partial charge >= 0.3 is 0 Å². The van der Waals surface area contributed by atoms with Crippen LogP contribution in [0.5, 0.6) is 0 Å². The van der Waals surface area contributed by atoms with Gasteiger partial charge in [0.1, 0.15) is 11.5 Å². The van der Waals surface area contributed by atoms with Gasteiger partial charge < -0.3 is 14.1 Å². The number of amides is 1. The van der Waals surface area contributed by atoms with Gasteiger partial charge in [0.25, 0.3) is 0 Å². The van der Waals surface area contributed by atoms with Crippen LogP contribution < -0.4 is 0 Å². The van der Waals surface area contributed by atoms with Gasteiger partial charge in [-0.1, -0.05) is 6.92 Å². The highest BCUT2D eigenvalue weighted by molar-refractivity contribution is 5.73. The minimum Gasteiger partial charge on any atom is -0.465 e. The second-order valence-electron chi connectivity index (χ2n) is 6.38. The Bertz CT molecular complexity index is 514. The first-order valence-corrected chi connectivity index (χ1v) is 8.32. The third-order valence-electron chi connectivity index (χ3n) is 4.82. The topological polar surface area (TPSA) is 45.9 Å². The van der Waals surface area contributed by atoms with Crippen LogP contribution in [0.2, 0.25) is 0 Å². The lowest BCUT2D eigenvalue weighted by molar-refractivity contribution is -0.129. The van der Waals surface area contributed by atoms with Crippen LogP contribution in [0.4, 0.5) is 0 Å². The van der Waals surface area contributed by atoms with Crippen molar-refractivity contribution in [2.75, 3.05) is 32.8 Å². The van der Waals surface area contributed by atoms with Crippen molar-refractivity contribution in [3.8, 4) is 0 Å². The van der Waals surface area contributed by atoms with Crippen molar-refractivity contribution in [3.63, 3.8) is 0 Å². The number of ether oxygens (including phenoxy) is 1. The van der Waals surface area contributed by atoms with Crippen molar-refractivity contribution < 1.29 is 13.9 Å². The van der Waals surface area contributed by atoms with Crippen LogP contribution in [-0.2, 0) is 22.5 Å². The molecule has 0 spiro atoms. The van der Waals surface area contributed by atoms with Gasteiger partial charge in [0.2, 0.25) is 5.91 Å². The normalized spacial score (nSPS) is 26.5. The van der Waals surface area contributed by atoms with Crippen LogP contribution in [0, 0.1) is 5.92 Å². The van der Waals surface area contributed by atoms with Crippen molar-refractivity contribution >= 4 is 5.91 Å². The fourth-order valence-corrected chi connectivity index (χ4v) is 3.46. The molecule has 2 aliphatic rings. The summed E-state index contributed by atoms with van der Waals surface area (Å²) in [7, 11) is 0. The molecule has 1 amide bonds. The number of piperidine rings is 1. The molecule has 0 unspecified atom stereocenters. The Balaban J connectivity index is 1.58. The van der Waals surface area contributed by atoms with E-state index in [-0.39, 0.29) is 12.0 Å². The molecule has 2 atom stereocenters. The Morgan fingerprint density at radius 2 is 2.09 bits per heavy atom. The van der Waals surface area contributed by atoms with Gasteiger partial charge in [0.05, 0.1) is 19.3 Å². The highest BCUT2D eigenvalue weighted by atomic mass is 16.5. The van der Waals surface area contributed by atoms with Crippen molar-refractivity contribution in [2.24, 2.45) is 5.92 Å². The third-order valence-corrected chi connectivity index (χ3v) is 4.82. The molecule has 2 aliphatic heterocycles. The molecule has 2 saturated heterocycles. The summed E-state index contributed by atoms with van der Waals surface area (Å²) in [6, 6.07) is 4.14. The van der Waals surface area contributed by atoms with Crippen molar-refractivity contribution in [3.05, 3.63) is 23.7 Å². The Kier molecular flexibility index (Phi) is 4.84. The largest absolute Gasteiger partial charge is 0.465 e. The van der Waals surface area contributed by atoms with E-state index in [0.717, 1.165) is 57.1 Å². The maximum absolute atomic E-state index is 11.6. The molecule has 0 N–H and O–H groups in total. The number of carbonyl (C=O) groups is 1. The van der Waals surface area contributed by atoms with Gasteiger partial charge in [0, 0.05) is 38.9 Å². The lowest BCUT2D eigenvalue weighted by atomic mass is 9.93. The van der Waals surface area contributed by atoms with Gasteiger partial charge in [-0.2, -0.15) is 0 Å². The average molecular weight is 306 g/mol. The molecule has 0 saturated carbocycles. The molecule has 5 nitrogen and oxygen atoms in total. The Hall–Kier alpha value is -1.33. The predicted octanol–water partition coefficient (Wildman–Crippen LogP) is 1.91. The first-order chi connectivity index (χ1) is 10.7. The van der Waals surface area contributed by atoms with Crippen LogP contribution >= 0.6 is 0 Å². The van der Waals surface area contributed by atoms with E-state index < -0.39 is 0 Å². The number of carbonyl (C=O) groups excluding carboxylic acids is 1. The first-order valence-electron chi connectivity index (χ1n) is 8.32. The summed E-state index contributed by atoms with van der Waals surface area (Å²) in [5.74, 6) is 2.71. The van der Waals surface area contributed by atoms with Gasteiger partial charge in [-0.15, -0.1) is 0 Å². The number of furan rings is 1. The van der Waals surface area contributed by atoms with E-state index in [1.165, 1.54) is 0 Å². The van der Waals surface area contributed by atoms with Gasteiger partial charge in [0.15, 0.2) is 0 Å². The molecule has 3 heterocycles. The molecule has 0 radical (unpaired) electrons. The summed E-state index contributed by atoms with van der Waals surface area (Å²) < 4.78 is 11.8. The average Bonchev–Trinajstić information content (AvgIpc) is 2.84. The van der Waals surface area contributed by atoms with E-state index in [9.17, 15) is 4.79 Å². The lowest BCUT2D eigenvalue weighted by Gasteiger charge is -2.37. The first kappa shape index (κ1) is 15.6. The molecule has 1 aromatic heterocycles. The molecule has 5 heteroatoms. The van der Waals surface area contributed by atoms with E-state index in [1.54, 1.807) is 6.92 Å². The van der Waals surface area contributed by atoms with Gasteiger partial charge in [-0.3, -0.25) is 9.69 Å². The monoisotopic (exact) mass is 306 g/mol. The summed E-state index contributed by atoms with van der Waals surface area (Å²) in [5.41, 5.74) is 0. The molecule has 1 aromatic rings. The van der Waals surface area contributed by atoms with Crippen molar-refractivity contribution in [1.82, 2.24) is 9.80 Å². The molecule has 22 heavy (non-hydrogen) atoms. The maximum Gasteiger partial charge on any atom is 0.219 e. The summed E-state index contributed by atoms with van der Waals surface area (Å²) in [4.78, 5) is 15.9. The van der Waals surface area contributed by atoms with Crippen LogP contribution in [0.25, 0.3) is 0 Å². The molecule has 0 bridgehead atoms. The highest BCUT2D eigenvalue weighted by Gasteiger charge is 2.34. The molecule has 2 fully saturated rings. The van der Waals surface area contributed by atoms with E-state index in [0.29, 0.717) is 12.5 Å². The number of rotatable bonds is 3. The third kappa shape index (κ3) is 3.52. The van der Waals surface area contributed by atoms with Crippen molar-refractivity contribution in [2.45, 2.75) is 39.3 Å². The van der Waals surface area contributed by atoms with Crippen LogP contribution in [0.3, 0.4) is 0 Å². The maximum atomic E-state index is 11.6. The molecule has 0 aromatic carbocycles. The molecular weight excluding hydrogens is 280 g/mol. The quantitative estimate of drug-likeness (QED) is 0.856. The summed E-state index contributed by atoms with van der Waals surface area (Å²) in [5, 5.41) is 0.